The number of halogens is 1. The van der Waals surface area contributed by atoms with Gasteiger partial charge in [-0.25, -0.2) is 9.18 Å². The molecule has 0 spiro atoms. The van der Waals surface area contributed by atoms with Crippen molar-refractivity contribution in [3.05, 3.63) is 65.5 Å². The fourth-order valence-electron chi connectivity index (χ4n) is 3.43. The highest BCUT2D eigenvalue weighted by Gasteiger charge is 2.51. The number of hydrogen-bond acceptors (Lipinski definition) is 3. The first kappa shape index (κ1) is 19.5. The van der Waals surface area contributed by atoms with E-state index in [1.165, 1.54) is 24.3 Å². The Balaban J connectivity index is 1.79. The van der Waals surface area contributed by atoms with Gasteiger partial charge in [0.05, 0.1) is 0 Å². The first-order valence-corrected chi connectivity index (χ1v) is 9.19. The van der Waals surface area contributed by atoms with Crippen LogP contribution in [-0.2, 0) is 21.5 Å². The molecule has 2 N–H and O–H groups in total. The molecule has 0 bridgehead atoms. The molecule has 2 aromatic rings. The zero-order valence-electron chi connectivity index (χ0n) is 15.8. The van der Waals surface area contributed by atoms with Gasteiger partial charge in [0, 0.05) is 5.69 Å². The predicted octanol–water partition coefficient (Wildman–Crippen LogP) is 3.18. The molecule has 4 amide bonds. The van der Waals surface area contributed by atoms with Crippen LogP contribution in [0.4, 0.5) is 14.9 Å². The Bertz CT molecular complexity index is 913. The van der Waals surface area contributed by atoms with Crippen LogP contribution >= 0.6 is 0 Å². The summed E-state index contributed by atoms with van der Waals surface area (Å²) in [5.41, 5.74) is 0.797. The number of nitrogens with one attached hydrogen (secondary N) is 2. The van der Waals surface area contributed by atoms with Gasteiger partial charge in [0.15, 0.2) is 0 Å². The first-order valence-electron chi connectivity index (χ1n) is 9.19. The normalized spacial score (nSPS) is 18.9. The number of amides is 4. The van der Waals surface area contributed by atoms with E-state index in [2.05, 4.69) is 10.6 Å². The lowest BCUT2D eigenvalue weighted by molar-refractivity contribution is -0.134. The highest BCUT2D eigenvalue weighted by Crippen LogP contribution is 2.32. The Morgan fingerprint density at radius 3 is 2.43 bits per heavy atom. The molecule has 0 saturated carbocycles. The number of carbonyl (C=O) groups is 3. The minimum atomic E-state index is -1.30. The second-order valence-electron chi connectivity index (χ2n) is 6.65. The number of carbonyl (C=O) groups excluding carboxylic acids is 3. The van der Waals surface area contributed by atoms with Crippen LogP contribution in [0, 0.1) is 5.82 Å². The summed E-state index contributed by atoms with van der Waals surface area (Å²) in [7, 11) is 0. The van der Waals surface area contributed by atoms with E-state index < -0.39 is 35.7 Å². The van der Waals surface area contributed by atoms with Crippen LogP contribution < -0.4 is 10.6 Å². The van der Waals surface area contributed by atoms with Gasteiger partial charge in [-0.2, -0.15) is 0 Å². The first-order chi connectivity index (χ1) is 13.4. The van der Waals surface area contributed by atoms with Crippen LogP contribution in [0.25, 0.3) is 0 Å². The largest absolute Gasteiger partial charge is 0.325 e. The molecule has 6 nitrogen and oxygen atoms in total. The van der Waals surface area contributed by atoms with Crippen LogP contribution in [0.1, 0.15) is 31.4 Å². The van der Waals surface area contributed by atoms with Gasteiger partial charge in [-0.15, -0.1) is 0 Å². The lowest BCUT2D eigenvalue weighted by Crippen LogP contribution is -2.44. The van der Waals surface area contributed by atoms with E-state index in [0.717, 1.165) is 16.9 Å². The Hall–Kier alpha value is -3.22. The highest BCUT2D eigenvalue weighted by molar-refractivity contribution is 6.10. The molecule has 0 radical (unpaired) electrons. The number of imide groups is 1. The predicted molar refractivity (Wildman–Crippen MR) is 103 cm³/mol. The number of urea groups is 1. The number of hydrogen-bond donors (Lipinski definition) is 2. The van der Waals surface area contributed by atoms with E-state index in [4.69, 9.17) is 0 Å². The van der Waals surface area contributed by atoms with Gasteiger partial charge in [0.1, 0.15) is 17.9 Å². The number of benzene rings is 2. The molecule has 0 aromatic heterocycles. The Kier molecular flexibility index (Phi) is 5.44. The lowest BCUT2D eigenvalue weighted by Gasteiger charge is -2.25. The van der Waals surface area contributed by atoms with Crippen molar-refractivity contribution in [3.63, 3.8) is 0 Å². The van der Waals surface area contributed by atoms with Gasteiger partial charge in [0.2, 0.25) is 5.91 Å². The monoisotopic (exact) mass is 383 g/mol. The maximum Gasteiger partial charge on any atom is 0.325 e. The number of rotatable bonds is 6. The summed E-state index contributed by atoms with van der Waals surface area (Å²) in [6.07, 6.45) is 1.02. The molecule has 1 atom stereocenters. The topological polar surface area (TPSA) is 78.5 Å². The third-order valence-corrected chi connectivity index (χ3v) is 5.02. The summed E-state index contributed by atoms with van der Waals surface area (Å²) in [4.78, 5) is 38.9. The molecule has 0 aliphatic carbocycles. The molecule has 28 heavy (non-hydrogen) atoms. The van der Waals surface area contributed by atoms with E-state index in [-0.39, 0.29) is 6.42 Å². The summed E-state index contributed by atoms with van der Waals surface area (Å²) in [5.74, 6) is -1.42. The molecular formula is C21H22FN3O3. The van der Waals surface area contributed by atoms with Crippen LogP contribution in [0.15, 0.2) is 48.5 Å². The van der Waals surface area contributed by atoms with E-state index in [1.807, 2.05) is 19.1 Å². The minimum Gasteiger partial charge on any atom is -0.324 e. The fraction of sp³-hybridized carbons (Fsp3) is 0.286. The van der Waals surface area contributed by atoms with E-state index in [9.17, 15) is 18.8 Å². The number of aryl methyl sites for hydroxylation is 1. The van der Waals surface area contributed by atoms with Crippen molar-refractivity contribution in [2.24, 2.45) is 0 Å². The average molecular weight is 383 g/mol. The lowest BCUT2D eigenvalue weighted by atomic mass is 9.87. The van der Waals surface area contributed by atoms with Crippen LogP contribution in [0.2, 0.25) is 0 Å². The number of anilines is 1. The maximum absolute atomic E-state index is 13.3. The SMILES string of the molecule is CCc1ccccc1NC(=O)CN1C(=O)NC(CC)(c2ccc(F)cc2)C1=O. The summed E-state index contributed by atoms with van der Waals surface area (Å²) >= 11 is 0. The van der Waals surface area contributed by atoms with Crippen molar-refractivity contribution in [2.45, 2.75) is 32.2 Å². The van der Waals surface area contributed by atoms with Gasteiger partial charge in [-0.1, -0.05) is 44.2 Å². The van der Waals surface area contributed by atoms with E-state index in [0.29, 0.717) is 11.3 Å². The fourth-order valence-corrected chi connectivity index (χ4v) is 3.43. The number of para-hydroxylation sites is 1. The minimum absolute atomic E-state index is 0.278. The zero-order valence-corrected chi connectivity index (χ0v) is 15.8. The van der Waals surface area contributed by atoms with Gasteiger partial charge in [0.25, 0.3) is 5.91 Å². The van der Waals surface area contributed by atoms with Crippen molar-refractivity contribution in [2.75, 3.05) is 11.9 Å². The van der Waals surface area contributed by atoms with Crippen molar-refractivity contribution in [1.82, 2.24) is 10.2 Å². The van der Waals surface area contributed by atoms with E-state index >= 15 is 0 Å². The molecule has 1 aliphatic rings. The second kappa shape index (κ2) is 7.80. The molecule has 1 aliphatic heterocycles. The molecular weight excluding hydrogens is 361 g/mol. The smallest absolute Gasteiger partial charge is 0.324 e. The second-order valence-corrected chi connectivity index (χ2v) is 6.65. The molecule has 146 valence electrons. The van der Waals surface area contributed by atoms with Crippen LogP contribution in [0.3, 0.4) is 0 Å². The Morgan fingerprint density at radius 2 is 1.79 bits per heavy atom. The van der Waals surface area contributed by atoms with Crippen LogP contribution in [-0.4, -0.2) is 29.3 Å². The quantitative estimate of drug-likeness (QED) is 0.752. The van der Waals surface area contributed by atoms with Crippen molar-refractivity contribution in [1.29, 1.82) is 0 Å². The van der Waals surface area contributed by atoms with Gasteiger partial charge < -0.3 is 10.6 Å². The van der Waals surface area contributed by atoms with Crippen LogP contribution in [0.5, 0.6) is 0 Å². The van der Waals surface area contributed by atoms with Crippen molar-refractivity contribution < 1.29 is 18.8 Å². The Morgan fingerprint density at radius 1 is 1.11 bits per heavy atom. The van der Waals surface area contributed by atoms with Crippen molar-refractivity contribution in [3.8, 4) is 0 Å². The molecule has 1 fully saturated rings. The van der Waals surface area contributed by atoms with Gasteiger partial charge in [-0.05, 0) is 42.2 Å². The molecule has 3 rings (SSSR count). The van der Waals surface area contributed by atoms with Crippen molar-refractivity contribution >= 4 is 23.5 Å². The summed E-state index contributed by atoms with van der Waals surface area (Å²) < 4.78 is 13.3. The summed E-state index contributed by atoms with van der Waals surface area (Å²) in [5, 5.41) is 5.44. The molecule has 1 unspecified atom stereocenters. The summed E-state index contributed by atoms with van der Waals surface area (Å²) in [6.45, 7) is 3.33. The highest BCUT2D eigenvalue weighted by atomic mass is 19.1. The third kappa shape index (κ3) is 3.47. The third-order valence-electron chi connectivity index (χ3n) is 5.02. The molecule has 7 heteroatoms. The summed E-state index contributed by atoms with van der Waals surface area (Å²) in [6, 6.07) is 12.1. The average Bonchev–Trinajstić information content (AvgIpc) is 2.94. The zero-order chi connectivity index (χ0) is 20.3. The molecule has 1 saturated heterocycles. The van der Waals surface area contributed by atoms with Gasteiger partial charge >= 0.3 is 6.03 Å². The maximum atomic E-state index is 13.3. The van der Waals surface area contributed by atoms with Gasteiger partial charge in [-0.3, -0.25) is 14.5 Å². The Labute approximate surface area is 162 Å². The van der Waals surface area contributed by atoms with E-state index in [1.54, 1.807) is 19.1 Å². The molecule has 1 heterocycles. The standard InChI is InChI=1S/C21H22FN3O3/c1-3-14-7-5-6-8-17(14)23-18(26)13-25-19(27)21(4-2,24-20(25)28)15-9-11-16(22)12-10-15/h5-12H,3-4,13H2,1-2H3,(H,23,26)(H,24,28). The molecule has 2 aromatic carbocycles. The number of nitrogens with zero attached hydrogens (tertiary/aromatic N) is 1.